The van der Waals surface area contributed by atoms with Crippen LogP contribution in [0.2, 0.25) is 0 Å². The van der Waals surface area contributed by atoms with Gasteiger partial charge in [-0.2, -0.15) is 0 Å². The van der Waals surface area contributed by atoms with Crippen LogP contribution in [0.15, 0.2) is 36.4 Å². The van der Waals surface area contributed by atoms with Crippen molar-refractivity contribution in [2.75, 3.05) is 13.7 Å². The summed E-state index contributed by atoms with van der Waals surface area (Å²) in [6, 6.07) is 12.3. The topological polar surface area (TPSA) is 45.3 Å². The molecule has 4 nitrogen and oxygen atoms in total. The van der Waals surface area contributed by atoms with Crippen molar-refractivity contribution in [2.45, 2.75) is 25.8 Å². The van der Waals surface area contributed by atoms with Crippen molar-refractivity contribution in [1.82, 2.24) is 9.88 Å². The summed E-state index contributed by atoms with van der Waals surface area (Å²) < 4.78 is 5.41. The lowest BCUT2D eigenvalue weighted by molar-refractivity contribution is 0.0626. The minimum Gasteiger partial charge on any atom is -0.497 e. The van der Waals surface area contributed by atoms with Crippen molar-refractivity contribution in [2.24, 2.45) is 0 Å². The Balaban J connectivity index is 1.82. The zero-order chi connectivity index (χ0) is 17.3. The van der Waals surface area contributed by atoms with Gasteiger partial charge in [0.05, 0.1) is 7.11 Å². The van der Waals surface area contributed by atoms with Crippen LogP contribution in [0.3, 0.4) is 0 Å². The number of aromatic amines is 1. The summed E-state index contributed by atoms with van der Waals surface area (Å²) in [4.78, 5) is 18.6. The standard InChI is InChI=1S/C21H20N2O2/c1-12-4-6-15-17(10-12)21(2)19-14(8-9-23(21)20(15)24)16-11-13(25-3)5-7-18(16)22-19/h4-7,10-11,22H,8-9H2,1-3H3. The van der Waals surface area contributed by atoms with Crippen molar-refractivity contribution in [1.29, 1.82) is 0 Å². The van der Waals surface area contributed by atoms with Crippen LogP contribution >= 0.6 is 0 Å². The fourth-order valence-electron chi connectivity index (χ4n) is 4.59. The number of aryl methyl sites for hydroxylation is 1. The lowest BCUT2D eigenvalue weighted by Crippen LogP contribution is -2.47. The zero-order valence-electron chi connectivity index (χ0n) is 14.6. The maximum atomic E-state index is 13.0. The Labute approximate surface area is 146 Å². The van der Waals surface area contributed by atoms with Gasteiger partial charge < -0.3 is 14.6 Å². The number of hydrogen-bond donors (Lipinski definition) is 1. The molecule has 4 heteroatoms. The fraction of sp³-hybridized carbons (Fsp3) is 0.286. The first-order valence-corrected chi connectivity index (χ1v) is 8.66. The Morgan fingerprint density at radius 3 is 2.84 bits per heavy atom. The van der Waals surface area contributed by atoms with Crippen molar-refractivity contribution in [3.05, 3.63) is 64.3 Å². The second kappa shape index (κ2) is 4.66. The van der Waals surface area contributed by atoms with Gasteiger partial charge in [0.25, 0.3) is 5.91 Å². The van der Waals surface area contributed by atoms with E-state index >= 15 is 0 Å². The third-order valence-corrected chi connectivity index (χ3v) is 5.90. The molecule has 0 saturated heterocycles. The highest BCUT2D eigenvalue weighted by Gasteiger charge is 2.51. The lowest BCUT2D eigenvalue weighted by atomic mass is 9.82. The summed E-state index contributed by atoms with van der Waals surface area (Å²) in [5.41, 5.74) is 6.23. The molecular formula is C21H20N2O2. The minimum atomic E-state index is -0.432. The van der Waals surface area contributed by atoms with E-state index in [1.165, 1.54) is 16.5 Å². The van der Waals surface area contributed by atoms with Crippen LogP contribution in [0.1, 0.15) is 39.7 Å². The third kappa shape index (κ3) is 1.69. The number of fused-ring (bicyclic) bond motifs is 7. The number of amides is 1. The van der Waals surface area contributed by atoms with Crippen LogP contribution in [0, 0.1) is 6.92 Å². The quantitative estimate of drug-likeness (QED) is 0.737. The van der Waals surface area contributed by atoms with Crippen molar-refractivity contribution < 1.29 is 9.53 Å². The van der Waals surface area contributed by atoms with Crippen molar-refractivity contribution in [3.8, 4) is 5.75 Å². The van der Waals surface area contributed by atoms with E-state index in [9.17, 15) is 4.79 Å². The van der Waals surface area contributed by atoms with Gasteiger partial charge in [-0.15, -0.1) is 0 Å². The lowest BCUT2D eigenvalue weighted by Gasteiger charge is -2.40. The molecule has 3 aromatic rings. The molecule has 0 saturated carbocycles. The third-order valence-electron chi connectivity index (χ3n) is 5.90. The van der Waals surface area contributed by atoms with Crippen LogP contribution in [0.4, 0.5) is 0 Å². The van der Waals surface area contributed by atoms with E-state index in [-0.39, 0.29) is 5.91 Å². The highest BCUT2D eigenvalue weighted by Crippen LogP contribution is 2.49. The highest BCUT2D eigenvalue weighted by molar-refractivity contribution is 6.02. The molecule has 2 aliphatic rings. The fourth-order valence-corrected chi connectivity index (χ4v) is 4.59. The normalized spacial score (nSPS) is 21.2. The average molecular weight is 332 g/mol. The van der Waals surface area contributed by atoms with E-state index in [0.717, 1.165) is 41.1 Å². The number of nitrogens with zero attached hydrogens (tertiary/aromatic N) is 1. The van der Waals surface area contributed by atoms with Gasteiger partial charge in [-0.05, 0) is 55.7 Å². The first-order valence-electron chi connectivity index (χ1n) is 8.66. The summed E-state index contributed by atoms with van der Waals surface area (Å²) >= 11 is 0. The van der Waals surface area contributed by atoms with Gasteiger partial charge in [-0.25, -0.2) is 0 Å². The number of carbonyl (C=O) groups is 1. The molecule has 0 fully saturated rings. The van der Waals surface area contributed by atoms with Crippen LogP contribution in [0.5, 0.6) is 5.75 Å². The number of methoxy groups -OCH3 is 1. The second-order valence-corrected chi connectivity index (χ2v) is 7.22. The summed E-state index contributed by atoms with van der Waals surface area (Å²) in [5, 5.41) is 1.20. The molecule has 2 aromatic carbocycles. The van der Waals surface area contributed by atoms with Crippen LogP contribution in [-0.4, -0.2) is 29.4 Å². The molecule has 126 valence electrons. The first-order chi connectivity index (χ1) is 12.0. The van der Waals surface area contributed by atoms with E-state index in [1.54, 1.807) is 7.11 Å². The molecule has 1 unspecified atom stereocenters. The molecule has 0 bridgehead atoms. The molecule has 1 amide bonds. The molecule has 0 aliphatic carbocycles. The van der Waals surface area contributed by atoms with Gasteiger partial charge in [-0.1, -0.05) is 17.7 Å². The number of benzene rings is 2. The average Bonchev–Trinajstić information content (AvgIpc) is 3.09. The van der Waals surface area contributed by atoms with E-state index in [2.05, 4.69) is 37.0 Å². The molecular weight excluding hydrogens is 312 g/mol. The molecule has 1 atom stereocenters. The molecule has 1 N–H and O–H groups in total. The Kier molecular flexibility index (Phi) is 2.72. The maximum Gasteiger partial charge on any atom is 0.255 e. The SMILES string of the molecule is COc1ccc2[nH]c3c(c2c1)CCN1C(=O)c2ccc(C)cc2C31C. The van der Waals surface area contributed by atoms with Crippen molar-refractivity contribution >= 4 is 16.8 Å². The Bertz CT molecular complexity index is 1050. The number of hydrogen-bond acceptors (Lipinski definition) is 2. The predicted octanol–water partition coefficient (Wildman–Crippen LogP) is 3.76. The molecule has 5 rings (SSSR count). The van der Waals surface area contributed by atoms with Gasteiger partial charge in [0.1, 0.15) is 11.3 Å². The summed E-state index contributed by atoms with van der Waals surface area (Å²) in [7, 11) is 1.69. The second-order valence-electron chi connectivity index (χ2n) is 7.22. The molecule has 25 heavy (non-hydrogen) atoms. The highest BCUT2D eigenvalue weighted by atomic mass is 16.5. The Morgan fingerprint density at radius 2 is 2.04 bits per heavy atom. The Morgan fingerprint density at radius 1 is 1.20 bits per heavy atom. The summed E-state index contributed by atoms with van der Waals surface area (Å²) in [6.45, 7) is 4.98. The van der Waals surface area contributed by atoms with E-state index in [0.29, 0.717) is 0 Å². The monoisotopic (exact) mass is 332 g/mol. The summed E-state index contributed by atoms with van der Waals surface area (Å²) in [5.74, 6) is 1.00. The molecule has 0 spiro atoms. The predicted molar refractivity (Wildman–Crippen MR) is 97.2 cm³/mol. The maximum absolute atomic E-state index is 13.0. The van der Waals surface area contributed by atoms with E-state index in [4.69, 9.17) is 4.74 Å². The largest absolute Gasteiger partial charge is 0.497 e. The molecule has 3 heterocycles. The smallest absolute Gasteiger partial charge is 0.255 e. The number of nitrogens with one attached hydrogen (secondary N) is 1. The number of H-pyrrole nitrogens is 1. The number of ether oxygens (including phenoxy) is 1. The molecule has 2 aliphatic heterocycles. The van der Waals surface area contributed by atoms with Gasteiger partial charge in [0, 0.05) is 28.7 Å². The van der Waals surface area contributed by atoms with E-state index in [1.807, 2.05) is 23.1 Å². The minimum absolute atomic E-state index is 0.138. The molecule has 0 radical (unpaired) electrons. The van der Waals surface area contributed by atoms with E-state index < -0.39 is 5.54 Å². The molecule has 1 aromatic heterocycles. The van der Waals surface area contributed by atoms with Gasteiger partial charge in [-0.3, -0.25) is 4.79 Å². The van der Waals surface area contributed by atoms with Crippen LogP contribution in [0.25, 0.3) is 10.9 Å². The number of aromatic nitrogens is 1. The number of carbonyl (C=O) groups excluding carboxylic acids is 1. The zero-order valence-corrected chi connectivity index (χ0v) is 14.6. The number of rotatable bonds is 1. The first kappa shape index (κ1) is 14.6. The van der Waals surface area contributed by atoms with Gasteiger partial charge in [0.15, 0.2) is 0 Å². The van der Waals surface area contributed by atoms with Crippen LogP contribution in [-0.2, 0) is 12.0 Å². The van der Waals surface area contributed by atoms with Gasteiger partial charge >= 0.3 is 0 Å². The van der Waals surface area contributed by atoms with Crippen molar-refractivity contribution in [3.63, 3.8) is 0 Å². The van der Waals surface area contributed by atoms with Crippen LogP contribution < -0.4 is 4.74 Å². The summed E-state index contributed by atoms with van der Waals surface area (Å²) in [6.07, 6.45) is 0.858. The Hall–Kier alpha value is -2.75. The van der Waals surface area contributed by atoms with Gasteiger partial charge in [0.2, 0.25) is 0 Å².